The first-order chi connectivity index (χ1) is 8.67. The zero-order valence-electron chi connectivity index (χ0n) is 14.0. The lowest BCUT2D eigenvalue weighted by Crippen LogP contribution is -2.53. The molecule has 2 fully saturated rings. The van der Waals surface area contributed by atoms with Crippen molar-refractivity contribution in [3.05, 3.63) is 0 Å². The van der Waals surface area contributed by atoms with Crippen molar-refractivity contribution in [3.8, 4) is 0 Å². The van der Waals surface area contributed by atoms with Gasteiger partial charge in [0.1, 0.15) is 0 Å². The van der Waals surface area contributed by atoms with E-state index in [-0.39, 0.29) is 0 Å². The van der Waals surface area contributed by atoms with Crippen molar-refractivity contribution in [2.75, 3.05) is 19.6 Å². The fourth-order valence-electron chi connectivity index (χ4n) is 3.82. The Kier molecular flexibility index (Phi) is 4.32. The summed E-state index contributed by atoms with van der Waals surface area (Å²) < 4.78 is 0. The number of nitrogens with zero attached hydrogens (tertiary/aromatic N) is 2. The number of piperazine rings is 1. The highest BCUT2D eigenvalue weighted by molar-refractivity contribution is 5.03. The zero-order chi connectivity index (χ0) is 14.3. The zero-order valence-corrected chi connectivity index (χ0v) is 14.0. The SMILES string of the molecule is CC(C)(C)CCCCN1C[C@H]2C[C@@H]1CN2C(C)(C)C. The first kappa shape index (κ1) is 15.3. The Morgan fingerprint density at radius 1 is 0.895 bits per heavy atom. The van der Waals surface area contributed by atoms with Crippen LogP contribution in [0.1, 0.15) is 67.2 Å². The van der Waals surface area contributed by atoms with Crippen molar-refractivity contribution in [1.29, 1.82) is 0 Å². The summed E-state index contributed by atoms with van der Waals surface area (Å²) in [5.74, 6) is 0. The summed E-state index contributed by atoms with van der Waals surface area (Å²) in [6.45, 7) is 18.1. The van der Waals surface area contributed by atoms with E-state index in [4.69, 9.17) is 0 Å². The topological polar surface area (TPSA) is 6.48 Å². The minimum atomic E-state index is 0.359. The highest BCUT2D eigenvalue weighted by Crippen LogP contribution is 2.35. The highest BCUT2D eigenvalue weighted by Gasteiger charge is 2.46. The fourth-order valence-corrected chi connectivity index (χ4v) is 3.82. The Morgan fingerprint density at radius 2 is 1.58 bits per heavy atom. The molecule has 0 amide bonds. The molecule has 2 heteroatoms. The van der Waals surface area contributed by atoms with Crippen LogP contribution in [0.25, 0.3) is 0 Å². The van der Waals surface area contributed by atoms with E-state index in [1.165, 1.54) is 45.3 Å². The van der Waals surface area contributed by atoms with Gasteiger partial charge >= 0.3 is 0 Å². The summed E-state index contributed by atoms with van der Waals surface area (Å²) in [4.78, 5) is 5.49. The van der Waals surface area contributed by atoms with Gasteiger partial charge in [0.15, 0.2) is 0 Å². The Hall–Kier alpha value is -0.0800. The van der Waals surface area contributed by atoms with Gasteiger partial charge < -0.3 is 0 Å². The van der Waals surface area contributed by atoms with Gasteiger partial charge in [0.05, 0.1) is 0 Å². The lowest BCUT2D eigenvalue weighted by Gasteiger charge is -2.42. The molecule has 0 radical (unpaired) electrons. The van der Waals surface area contributed by atoms with Crippen molar-refractivity contribution in [1.82, 2.24) is 9.80 Å². The van der Waals surface area contributed by atoms with E-state index >= 15 is 0 Å². The van der Waals surface area contributed by atoms with Crippen LogP contribution in [0.3, 0.4) is 0 Å². The molecule has 2 saturated heterocycles. The van der Waals surface area contributed by atoms with E-state index in [0.717, 1.165) is 12.1 Å². The number of unbranched alkanes of at least 4 members (excludes halogenated alkanes) is 1. The van der Waals surface area contributed by atoms with Crippen LogP contribution in [0.15, 0.2) is 0 Å². The standard InChI is InChI=1S/C17H34N2/c1-16(2,3)9-7-8-10-18-12-15-11-14(18)13-19(15)17(4,5)6/h14-15H,7-13H2,1-6H3/t14-,15-/m1/s1. The maximum Gasteiger partial charge on any atom is 0.0244 e. The molecule has 0 aromatic carbocycles. The molecule has 0 unspecified atom stereocenters. The van der Waals surface area contributed by atoms with Gasteiger partial charge in [-0.1, -0.05) is 27.2 Å². The average Bonchev–Trinajstić information content (AvgIpc) is 2.80. The maximum absolute atomic E-state index is 2.76. The van der Waals surface area contributed by atoms with Gasteiger partial charge in [0.2, 0.25) is 0 Å². The van der Waals surface area contributed by atoms with Gasteiger partial charge in [-0.05, 0) is 52.0 Å². The van der Waals surface area contributed by atoms with E-state index in [2.05, 4.69) is 51.3 Å². The van der Waals surface area contributed by atoms with E-state index in [0.29, 0.717) is 11.0 Å². The molecule has 112 valence electrons. The Morgan fingerprint density at radius 3 is 2.05 bits per heavy atom. The largest absolute Gasteiger partial charge is 0.297 e. The molecular formula is C17H34N2. The van der Waals surface area contributed by atoms with Crippen molar-refractivity contribution in [2.24, 2.45) is 5.41 Å². The third-order valence-electron chi connectivity index (χ3n) is 4.84. The normalized spacial score (nSPS) is 29.4. The molecule has 0 N–H and O–H groups in total. The van der Waals surface area contributed by atoms with Crippen LogP contribution in [-0.2, 0) is 0 Å². The van der Waals surface area contributed by atoms with E-state index in [1.807, 2.05) is 0 Å². The number of likely N-dealkylation sites (tertiary alicyclic amines) is 2. The molecule has 2 aliphatic rings. The minimum Gasteiger partial charge on any atom is -0.297 e. The molecule has 0 spiro atoms. The average molecular weight is 266 g/mol. The Bertz CT molecular complexity index is 297. The van der Waals surface area contributed by atoms with Gasteiger partial charge in [-0.3, -0.25) is 9.80 Å². The van der Waals surface area contributed by atoms with Gasteiger partial charge in [-0.2, -0.15) is 0 Å². The predicted molar refractivity (Wildman–Crippen MR) is 83.5 cm³/mol. The van der Waals surface area contributed by atoms with Crippen LogP contribution in [0, 0.1) is 5.41 Å². The first-order valence-corrected chi connectivity index (χ1v) is 8.18. The lowest BCUT2D eigenvalue weighted by molar-refractivity contribution is 0.0566. The molecule has 0 saturated carbocycles. The Labute approximate surface area is 120 Å². The molecule has 2 atom stereocenters. The molecule has 2 aliphatic heterocycles. The van der Waals surface area contributed by atoms with Crippen LogP contribution in [-0.4, -0.2) is 47.1 Å². The summed E-state index contributed by atoms with van der Waals surface area (Å²) in [6.07, 6.45) is 5.55. The molecule has 19 heavy (non-hydrogen) atoms. The van der Waals surface area contributed by atoms with Crippen molar-refractivity contribution in [2.45, 2.75) is 84.8 Å². The van der Waals surface area contributed by atoms with Crippen LogP contribution in [0.4, 0.5) is 0 Å². The van der Waals surface area contributed by atoms with E-state index < -0.39 is 0 Å². The molecule has 0 aromatic rings. The molecule has 2 nitrogen and oxygen atoms in total. The lowest BCUT2D eigenvalue weighted by atomic mass is 9.90. The molecule has 2 heterocycles. The second kappa shape index (κ2) is 5.37. The molecule has 2 rings (SSSR count). The number of hydrogen-bond donors (Lipinski definition) is 0. The highest BCUT2D eigenvalue weighted by atomic mass is 15.4. The Balaban J connectivity index is 1.70. The van der Waals surface area contributed by atoms with Crippen molar-refractivity contribution >= 4 is 0 Å². The summed E-state index contributed by atoms with van der Waals surface area (Å²) in [5.41, 5.74) is 0.866. The third kappa shape index (κ3) is 3.95. The summed E-state index contributed by atoms with van der Waals surface area (Å²) >= 11 is 0. The minimum absolute atomic E-state index is 0.359. The summed E-state index contributed by atoms with van der Waals surface area (Å²) in [6, 6.07) is 1.67. The second-order valence-corrected chi connectivity index (χ2v) is 8.88. The van der Waals surface area contributed by atoms with E-state index in [9.17, 15) is 0 Å². The summed E-state index contributed by atoms with van der Waals surface area (Å²) in [7, 11) is 0. The molecule has 0 aliphatic carbocycles. The quantitative estimate of drug-likeness (QED) is 0.715. The summed E-state index contributed by atoms with van der Waals surface area (Å²) in [5, 5.41) is 0. The molecule has 2 bridgehead atoms. The van der Waals surface area contributed by atoms with Gasteiger partial charge in [0.25, 0.3) is 0 Å². The third-order valence-corrected chi connectivity index (χ3v) is 4.84. The van der Waals surface area contributed by atoms with Crippen LogP contribution >= 0.6 is 0 Å². The maximum atomic E-state index is 2.76. The second-order valence-electron chi connectivity index (χ2n) is 8.88. The van der Waals surface area contributed by atoms with Gasteiger partial charge in [0, 0.05) is 30.7 Å². The van der Waals surface area contributed by atoms with Crippen molar-refractivity contribution in [3.63, 3.8) is 0 Å². The smallest absolute Gasteiger partial charge is 0.0244 e. The van der Waals surface area contributed by atoms with Crippen molar-refractivity contribution < 1.29 is 0 Å². The predicted octanol–water partition coefficient (Wildman–Crippen LogP) is 3.76. The number of rotatable bonds is 4. The van der Waals surface area contributed by atoms with Gasteiger partial charge in [-0.25, -0.2) is 0 Å². The monoisotopic (exact) mass is 266 g/mol. The van der Waals surface area contributed by atoms with Gasteiger partial charge in [-0.15, -0.1) is 0 Å². The molecular weight excluding hydrogens is 232 g/mol. The number of hydrogen-bond acceptors (Lipinski definition) is 2. The molecule has 0 aromatic heterocycles. The fraction of sp³-hybridized carbons (Fsp3) is 1.00. The first-order valence-electron chi connectivity index (χ1n) is 8.18. The van der Waals surface area contributed by atoms with Crippen LogP contribution < -0.4 is 0 Å². The van der Waals surface area contributed by atoms with Crippen LogP contribution in [0.2, 0.25) is 0 Å². The van der Waals surface area contributed by atoms with Crippen LogP contribution in [0.5, 0.6) is 0 Å². The number of fused-ring (bicyclic) bond motifs is 2. The van der Waals surface area contributed by atoms with E-state index in [1.54, 1.807) is 0 Å².